The number of fused-ring (bicyclic) bond motifs is 1. The molecule has 1 saturated heterocycles. The molecule has 2 heterocycles. The SMILES string of the molecule is O=C(c1cnc(N(C2CCNCC2)S(=O)(=O)c2cccc3ccccc23)s1)c1ccccc1C(F)(F)F. The zero-order valence-corrected chi connectivity index (χ0v) is 21.0. The molecule has 0 amide bonds. The van der Waals surface area contributed by atoms with Gasteiger partial charge in [0.1, 0.15) is 0 Å². The first kappa shape index (κ1) is 25.4. The standard InChI is InChI=1S/C26H22F3N3O3S2/c27-26(28,29)21-10-4-3-9-20(21)24(33)22-16-31-25(36-22)32(18-12-14-30-15-13-18)37(34,35)23-11-5-7-17-6-1-2-8-19(17)23/h1-11,16,18,30H,12-15H2. The van der Waals surface area contributed by atoms with Crippen molar-refractivity contribution in [2.24, 2.45) is 0 Å². The molecule has 0 unspecified atom stereocenters. The molecule has 0 bridgehead atoms. The number of benzene rings is 3. The van der Waals surface area contributed by atoms with E-state index in [1.807, 2.05) is 18.2 Å². The third kappa shape index (κ3) is 4.86. The lowest BCUT2D eigenvalue weighted by atomic mass is 10.0. The van der Waals surface area contributed by atoms with Crippen LogP contribution in [0.15, 0.2) is 77.8 Å². The summed E-state index contributed by atoms with van der Waals surface area (Å²) in [7, 11) is -4.13. The van der Waals surface area contributed by atoms with Crippen LogP contribution in [0.1, 0.15) is 33.6 Å². The monoisotopic (exact) mass is 545 g/mol. The molecule has 1 aliphatic rings. The average molecular weight is 546 g/mol. The summed E-state index contributed by atoms with van der Waals surface area (Å²) < 4.78 is 70.0. The molecule has 1 aliphatic heterocycles. The van der Waals surface area contributed by atoms with Crippen molar-refractivity contribution in [3.63, 3.8) is 0 Å². The normalized spacial score (nSPS) is 15.1. The zero-order valence-electron chi connectivity index (χ0n) is 19.4. The summed E-state index contributed by atoms with van der Waals surface area (Å²) in [5.74, 6) is -0.857. The van der Waals surface area contributed by atoms with Gasteiger partial charge in [0.2, 0.25) is 5.78 Å². The highest BCUT2D eigenvalue weighted by Crippen LogP contribution is 2.37. The van der Waals surface area contributed by atoms with E-state index in [9.17, 15) is 26.4 Å². The summed E-state index contributed by atoms with van der Waals surface area (Å²) in [6.45, 7) is 1.20. The smallest absolute Gasteiger partial charge is 0.317 e. The summed E-state index contributed by atoms with van der Waals surface area (Å²) >= 11 is 0.782. The van der Waals surface area contributed by atoms with Crippen LogP contribution in [0.3, 0.4) is 0 Å². The van der Waals surface area contributed by atoms with E-state index in [2.05, 4.69) is 10.3 Å². The molecule has 192 valence electrons. The molecule has 0 atom stereocenters. The summed E-state index contributed by atoms with van der Waals surface area (Å²) in [4.78, 5) is 17.4. The second-order valence-electron chi connectivity index (χ2n) is 8.64. The first-order valence-electron chi connectivity index (χ1n) is 11.6. The Kier molecular flexibility index (Phi) is 6.78. The summed E-state index contributed by atoms with van der Waals surface area (Å²) in [6.07, 6.45) is -2.52. The molecule has 5 rings (SSSR count). The Hall–Kier alpha value is -3.28. The highest BCUT2D eigenvalue weighted by atomic mass is 32.2. The molecule has 6 nitrogen and oxygen atoms in total. The van der Waals surface area contributed by atoms with E-state index in [0.717, 1.165) is 35.1 Å². The Labute approximate surface area is 215 Å². The van der Waals surface area contributed by atoms with Crippen molar-refractivity contribution >= 4 is 43.0 Å². The number of anilines is 1. The Morgan fingerprint density at radius 3 is 2.41 bits per heavy atom. The van der Waals surface area contributed by atoms with E-state index in [4.69, 9.17) is 0 Å². The molecule has 1 aromatic heterocycles. The number of alkyl halides is 3. The molecule has 0 spiro atoms. The van der Waals surface area contributed by atoms with Gasteiger partial charge in [0, 0.05) is 10.9 Å². The van der Waals surface area contributed by atoms with Gasteiger partial charge in [-0.15, -0.1) is 0 Å². The van der Waals surface area contributed by atoms with Crippen LogP contribution < -0.4 is 9.62 Å². The number of sulfonamides is 1. The van der Waals surface area contributed by atoms with E-state index >= 15 is 0 Å². The largest absolute Gasteiger partial charge is 0.417 e. The minimum absolute atomic E-state index is 0.0488. The number of rotatable bonds is 6. The van der Waals surface area contributed by atoms with E-state index in [0.29, 0.717) is 31.3 Å². The lowest BCUT2D eigenvalue weighted by molar-refractivity contribution is -0.137. The van der Waals surface area contributed by atoms with Crippen LogP contribution in [0.5, 0.6) is 0 Å². The topological polar surface area (TPSA) is 79.4 Å². The number of carbonyl (C=O) groups is 1. The Balaban J connectivity index is 1.60. The summed E-state index contributed by atoms with van der Waals surface area (Å²) in [5.41, 5.74) is -1.55. The van der Waals surface area contributed by atoms with Gasteiger partial charge in [-0.1, -0.05) is 65.9 Å². The number of nitrogens with zero attached hydrogens (tertiary/aromatic N) is 2. The van der Waals surface area contributed by atoms with Crippen LogP contribution in [0.4, 0.5) is 18.3 Å². The van der Waals surface area contributed by atoms with Crippen molar-refractivity contribution in [1.82, 2.24) is 10.3 Å². The maximum absolute atomic E-state index is 14.1. The molecule has 11 heteroatoms. The van der Waals surface area contributed by atoms with Crippen LogP contribution in [0.2, 0.25) is 0 Å². The van der Waals surface area contributed by atoms with Gasteiger partial charge in [-0.2, -0.15) is 13.2 Å². The van der Waals surface area contributed by atoms with E-state index < -0.39 is 39.2 Å². The number of piperidine rings is 1. The Morgan fingerprint density at radius 2 is 1.65 bits per heavy atom. The molecule has 1 N–H and O–H groups in total. The number of carbonyl (C=O) groups excluding carboxylic acids is 1. The number of hydrogen-bond donors (Lipinski definition) is 1. The molecule has 3 aromatic carbocycles. The van der Waals surface area contributed by atoms with E-state index in [-0.39, 0.29) is 14.9 Å². The van der Waals surface area contributed by atoms with Crippen molar-refractivity contribution in [2.75, 3.05) is 17.4 Å². The third-order valence-corrected chi connectivity index (χ3v) is 9.32. The summed E-state index contributed by atoms with van der Waals surface area (Å²) in [5, 5.41) is 4.57. The molecular weight excluding hydrogens is 523 g/mol. The number of ketones is 1. The van der Waals surface area contributed by atoms with Gasteiger partial charge < -0.3 is 5.32 Å². The minimum atomic E-state index is -4.71. The van der Waals surface area contributed by atoms with Crippen LogP contribution in [-0.2, 0) is 16.2 Å². The lowest BCUT2D eigenvalue weighted by Gasteiger charge is -2.33. The third-order valence-electron chi connectivity index (χ3n) is 6.31. The quantitative estimate of drug-likeness (QED) is 0.324. The predicted molar refractivity (Wildman–Crippen MR) is 136 cm³/mol. The van der Waals surface area contributed by atoms with Gasteiger partial charge in [-0.3, -0.25) is 4.79 Å². The van der Waals surface area contributed by atoms with Crippen molar-refractivity contribution in [2.45, 2.75) is 30.0 Å². The van der Waals surface area contributed by atoms with Gasteiger partial charge >= 0.3 is 6.18 Å². The number of nitrogens with one attached hydrogen (secondary N) is 1. The highest BCUT2D eigenvalue weighted by molar-refractivity contribution is 7.93. The molecule has 37 heavy (non-hydrogen) atoms. The van der Waals surface area contributed by atoms with Crippen LogP contribution in [0.25, 0.3) is 10.8 Å². The Bertz CT molecular complexity index is 1560. The van der Waals surface area contributed by atoms with E-state index in [1.165, 1.54) is 22.5 Å². The maximum atomic E-state index is 14.1. The average Bonchev–Trinajstić information content (AvgIpc) is 3.37. The summed E-state index contributed by atoms with van der Waals surface area (Å²) in [6, 6.07) is 16.3. The number of aromatic nitrogens is 1. The molecule has 1 fully saturated rings. The van der Waals surface area contributed by atoms with Gasteiger partial charge in [0.15, 0.2) is 5.13 Å². The Morgan fingerprint density at radius 1 is 0.973 bits per heavy atom. The highest BCUT2D eigenvalue weighted by Gasteiger charge is 2.38. The van der Waals surface area contributed by atoms with Gasteiger partial charge in [-0.25, -0.2) is 17.7 Å². The first-order valence-corrected chi connectivity index (χ1v) is 13.8. The maximum Gasteiger partial charge on any atom is 0.417 e. The van der Waals surface area contributed by atoms with Gasteiger partial charge in [0.25, 0.3) is 10.0 Å². The van der Waals surface area contributed by atoms with Crippen LogP contribution >= 0.6 is 11.3 Å². The second-order valence-corrected chi connectivity index (χ2v) is 11.4. The predicted octanol–water partition coefficient (Wildman–Crippen LogP) is 5.49. The minimum Gasteiger partial charge on any atom is -0.317 e. The fraction of sp³-hybridized carbons (Fsp3) is 0.231. The number of halogens is 3. The fourth-order valence-corrected chi connectivity index (χ4v) is 7.59. The molecule has 4 aromatic rings. The van der Waals surface area contributed by atoms with Gasteiger partial charge in [-0.05, 0) is 43.5 Å². The first-order chi connectivity index (χ1) is 17.7. The molecule has 0 aliphatic carbocycles. The fourth-order valence-electron chi connectivity index (χ4n) is 4.56. The molecule has 0 radical (unpaired) electrons. The van der Waals surface area contributed by atoms with Crippen molar-refractivity contribution < 1.29 is 26.4 Å². The molecular formula is C26H22F3N3O3S2. The van der Waals surface area contributed by atoms with Crippen molar-refractivity contribution in [3.05, 3.63) is 88.9 Å². The van der Waals surface area contributed by atoms with Crippen molar-refractivity contribution in [1.29, 1.82) is 0 Å². The van der Waals surface area contributed by atoms with Crippen molar-refractivity contribution in [3.8, 4) is 0 Å². The van der Waals surface area contributed by atoms with Gasteiger partial charge in [0.05, 0.1) is 27.6 Å². The van der Waals surface area contributed by atoms with E-state index in [1.54, 1.807) is 18.2 Å². The van der Waals surface area contributed by atoms with Crippen LogP contribution in [-0.4, -0.2) is 38.3 Å². The lowest BCUT2D eigenvalue weighted by Crippen LogP contribution is -2.46. The number of thiazole rings is 1. The van der Waals surface area contributed by atoms with Crippen LogP contribution in [0, 0.1) is 0 Å². The number of hydrogen-bond acceptors (Lipinski definition) is 6. The second kappa shape index (κ2) is 9.88. The molecule has 0 saturated carbocycles. The zero-order chi connectivity index (χ0) is 26.2.